The molecule has 0 saturated carbocycles. The lowest BCUT2D eigenvalue weighted by Gasteiger charge is -2.06. The van der Waals surface area contributed by atoms with E-state index in [1.165, 1.54) is 0 Å². The van der Waals surface area contributed by atoms with Crippen LogP contribution in [0.2, 0.25) is 0 Å². The van der Waals surface area contributed by atoms with Crippen molar-refractivity contribution in [3.05, 3.63) is 29.3 Å². The van der Waals surface area contributed by atoms with Crippen LogP contribution >= 0.6 is 0 Å². The lowest BCUT2D eigenvalue weighted by Crippen LogP contribution is -2.09. The highest BCUT2D eigenvalue weighted by atomic mass is 19.4. The summed E-state index contributed by atoms with van der Waals surface area (Å²) in [5.74, 6) is -0.699. The number of hydrogen-bond donors (Lipinski definition) is 0. The second-order valence-corrected chi connectivity index (χ2v) is 2.51. The maximum atomic E-state index is 12.7. The van der Waals surface area contributed by atoms with Gasteiger partial charge in [0.25, 0.3) is 0 Å². The van der Waals surface area contributed by atoms with Crippen molar-refractivity contribution in [1.29, 1.82) is 0 Å². The molecular formula is C10H13F4N. The zero-order valence-corrected chi connectivity index (χ0v) is 8.82. The lowest BCUT2D eigenvalue weighted by molar-refractivity contribution is -0.141. The Kier molecular flexibility index (Phi) is 5.25. The standard InChI is InChI=1S/C8H7F4N.C2H6/c1-2-5-3-7(8(10,11)12)13-4-6(5)9;1-2/h3-4H,2H2,1H3;1-2H3. The minimum absolute atomic E-state index is 0.0299. The molecule has 0 aliphatic rings. The van der Waals surface area contributed by atoms with E-state index in [2.05, 4.69) is 4.98 Å². The van der Waals surface area contributed by atoms with Gasteiger partial charge in [0.2, 0.25) is 0 Å². The van der Waals surface area contributed by atoms with E-state index in [1.54, 1.807) is 6.92 Å². The average molecular weight is 223 g/mol. The van der Waals surface area contributed by atoms with E-state index in [0.717, 1.165) is 6.07 Å². The summed E-state index contributed by atoms with van der Waals surface area (Å²) in [4.78, 5) is 2.96. The molecule has 0 fully saturated rings. The first-order valence-electron chi connectivity index (χ1n) is 4.66. The van der Waals surface area contributed by atoms with Crippen LogP contribution in [0.1, 0.15) is 32.0 Å². The molecule has 86 valence electrons. The second kappa shape index (κ2) is 5.68. The van der Waals surface area contributed by atoms with Gasteiger partial charge in [0.1, 0.15) is 11.5 Å². The molecule has 0 N–H and O–H groups in total. The first-order valence-corrected chi connectivity index (χ1v) is 4.66. The van der Waals surface area contributed by atoms with E-state index in [-0.39, 0.29) is 12.0 Å². The third-order valence-corrected chi connectivity index (χ3v) is 1.61. The molecule has 0 aromatic carbocycles. The fourth-order valence-electron chi connectivity index (χ4n) is 0.906. The fraction of sp³-hybridized carbons (Fsp3) is 0.500. The molecule has 0 amide bonds. The molecule has 0 bridgehead atoms. The Bertz CT molecular complexity index is 307. The zero-order chi connectivity index (χ0) is 12.1. The highest BCUT2D eigenvalue weighted by Gasteiger charge is 2.32. The molecule has 1 nitrogen and oxygen atoms in total. The molecule has 0 unspecified atom stereocenters. The number of nitrogens with zero attached hydrogens (tertiary/aromatic N) is 1. The van der Waals surface area contributed by atoms with E-state index in [4.69, 9.17) is 0 Å². The van der Waals surface area contributed by atoms with E-state index in [0.29, 0.717) is 6.20 Å². The summed E-state index contributed by atoms with van der Waals surface area (Å²) in [6.45, 7) is 5.58. The lowest BCUT2D eigenvalue weighted by atomic mass is 10.2. The van der Waals surface area contributed by atoms with Crippen LogP contribution in [0.15, 0.2) is 12.3 Å². The molecule has 1 aromatic rings. The Morgan fingerprint density at radius 3 is 2.20 bits per heavy atom. The summed E-state index contributed by atoms with van der Waals surface area (Å²) in [5.41, 5.74) is -1.02. The van der Waals surface area contributed by atoms with Crippen molar-refractivity contribution in [3.8, 4) is 0 Å². The largest absolute Gasteiger partial charge is 0.433 e. The van der Waals surface area contributed by atoms with Gasteiger partial charge in [0, 0.05) is 0 Å². The van der Waals surface area contributed by atoms with E-state index < -0.39 is 17.7 Å². The molecular weight excluding hydrogens is 210 g/mol. The molecule has 1 heterocycles. The smallest absolute Gasteiger partial charge is 0.249 e. The Balaban J connectivity index is 0.000000921. The Morgan fingerprint density at radius 1 is 1.27 bits per heavy atom. The Morgan fingerprint density at radius 2 is 1.80 bits per heavy atom. The van der Waals surface area contributed by atoms with Crippen molar-refractivity contribution in [2.24, 2.45) is 0 Å². The predicted molar refractivity (Wildman–Crippen MR) is 49.9 cm³/mol. The third-order valence-electron chi connectivity index (χ3n) is 1.61. The number of halogens is 4. The molecule has 0 radical (unpaired) electrons. The Labute approximate surface area is 86.1 Å². The minimum atomic E-state index is -4.50. The SMILES string of the molecule is CC.CCc1cc(C(F)(F)F)ncc1F. The van der Waals surface area contributed by atoms with Crippen LogP contribution in [0.5, 0.6) is 0 Å². The highest BCUT2D eigenvalue weighted by molar-refractivity contribution is 5.19. The van der Waals surface area contributed by atoms with E-state index >= 15 is 0 Å². The van der Waals surface area contributed by atoms with Crippen molar-refractivity contribution < 1.29 is 17.6 Å². The number of hydrogen-bond acceptors (Lipinski definition) is 1. The van der Waals surface area contributed by atoms with E-state index in [1.807, 2.05) is 13.8 Å². The fourth-order valence-corrected chi connectivity index (χ4v) is 0.906. The number of pyridine rings is 1. The molecule has 0 atom stereocenters. The van der Waals surface area contributed by atoms with Crippen LogP contribution in [0.4, 0.5) is 17.6 Å². The van der Waals surface area contributed by atoms with Gasteiger partial charge in [0.15, 0.2) is 0 Å². The number of aryl methyl sites for hydroxylation is 1. The quantitative estimate of drug-likeness (QED) is 0.659. The molecule has 1 rings (SSSR count). The summed E-state index contributed by atoms with van der Waals surface area (Å²) >= 11 is 0. The van der Waals surface area contributed by atoms with Crippen molar-refractivity contribution in [2.45, 2.75) is 33.4 Å². The van der Waals surface area contributed by atoms with Crippen molar-refractivity contribution in [1.82, 2.24) is 4.98 Å². The molecule has 0 spiro atoms. The van der Waals surface area contributed by atoms with Crippen molar-refractivity contribution in [3.63, 3.8) is 0 Å². The first-order chi connectivity index (χ1) is 6.95. The molecule has 5 heteroatoms. The maximum Gasteiger partial charge on any atom is 0.433 e. The van der Waals surface area contributed by atoms with Gasteiger partial charge in [-0.1, -0.05) is 20.8 Å². The molecule has 0 aliphatic heterocycles. The van der Waals surface area contributed by atoms with Crippen molar-refractivity contribution >= 4 is 0 Å². The van der Waals surface area contributed by atoms with Gasteiger partial charge in [0.05, 0.1) is 6.20 Å². The first kappa shape index (κ1) is 13.9. The Hall–Kier alpha value is -1.13. The van der Waals surface area contributed by atoms with Gasteiger partial charge in [-0.3, -0.25) is 0 Å². The predicted octanol–water partition coefficient (Wildman–Crippen LogP) is 3.83. The summed E-state index contributed by atoms with van der Waals surface area (Å²) in [6.07, 6.45) is -3.68. The van der Waals surface area contributed by atoms with Gasteiger partial charge in [-0.05, 0) is 18.1 Å². The summed E-state index contributed by atoms with van der Waals surface area (Å²) in [6, 6.07) is 0.731. The summed E-state index contributed by atoms with van der Waals surface area (Å²) < 4.78 is 48.9. The minimum Gasteiger partial charge on any atom is -0.249 e. The van der Waals surface area contributed by atoms with Gasteiger partial charge >= 0.3 is 6.18 Å². The summed E-state index contributed by atoms with van der Waals surface area (Å²) in [7, 11) is 0. The number of alkyl halides is 3. The topological polar surface area (TPSA) is 12.9 Å². The molecule has 0 aliphatic carbocycles. The van der Waals surface area contributed by atoms with Crippen LogP contribution in [-0.2, 0) is 12.6 Å². The van der Waals surface area contributed by atoms with E-state index in [9.17, 15) is 17.6 Å². The number of aromatic nitrogens is 1. The molecule has 1 aromatic heterocycles. The van der Waals surface area contributed by atoms with Gasteiger partial charge in [-0.2, -0.15) is 13.2 Å². The summed E-state index contributed by atoms with van der Waals surface area (Å²) in [5, 5.41) is 0. The van der Waals surface area contributed by atoms with Crippen LogP contribution in [0, 0.1) is 5.82 Å². The highest BCUT2D eigenvalue weighted by Crippen LogP contribution is 2.28. The van der Waals surface area contributed by atoms with Gasteiger partial charge in [-0.15, -0.1) is 0 Å². The van der Waals surface area contributed by atoms with Gasteiger partial charge < -0.3 is 0 Å². The third kappa shape index (κ3) is 3.85. The van der Waals surface area contributed by atoms with Crippen molar-refractivity contribution in [2.75, 3.05) is 0 Å². The van der Waals surface area contributed by atoms with Crippen LogP contribution in [0.25, 0.3) is 0 Å². The maximum absolute atomic E-state index is 12.7. The van der Waals surface area contributed by atoms with Gasteiger partial charge in [-0.25, -0.2) is 9.37 Å². The zero-order valence-electron chi connectivity index (χ0n) is 8.82. The number of rotatable bonds is 1. The van der Waals surface area contributed by atoms with Crippen LogP contribution < -0.4 is 0 Å². The van der Waals surface area contributed by atoms with Crippen LogP contribution in [0.3, 0.4) is 0 Å². The average Bonchev–Trinajstić information content (AvgIpc) is 2.20. The second-order valence-electron chi connectivity index (χ2n) is 2.51. The molecule has 15 heavy (non-hydrogen) atoms. The van der Waals surface area contributed by atoms with Crippen LogP contribution in [-0.4, -0.2) is 4.98 Å². The molecule has 0 saturated heterocycles. The normalized spacial score (nSPS) is 10.6. The monoisotopic (exact) mass is 223 g/mol.